The Balaban J connectivity index is 3.65. The first kappa shape index (κ1) is 54.6. The molecule has 0 aliphatic rings. The summed E-state index contributed by atoms with van der Waals surface area (Å²) in [6, 6.07) is -0.815. The lowest BCUT2D eigenvalue weighted by Crippen LogP contribution is -2.48. The summed E-state index contributed by atoms with van der Waals surface area (Å²) in [4.78, 5) is 12.5. The Bertz CT molecular complexity index is 870. The van der Waals surface area contributed by atoms with Crippen molar-refractivity contribution in [1.82, 2.24) is 5.32 Å². The lowest BCUT2D eigenvalue weighted by Gasteiger charge is -2.21. The molecule has 4 N–H and O–H groups in total. The molecule has 5 nitrogen and oxygen atoms in total. The van der Waals surface area contributed by atoms with Crippen LogP contribution in [0, 0.1) is 0 Å². The predicted molar refractivity (Wildman–Crippen MR) is 245 cm³/mol. The number of aliphatic hydroxyl groups excluding tert-OH is 3. The topological polar surface area (TPSA) is 89.8 Å². The van der Waals surface area contributed by atoms with Gasteiger partial charge in [-0.1, -0.05) is 237 Å². The maximum absolute atomic E-state index is 12.5. The number of carbonyl (C=O) groups excluding carboxylic acids is 1. The molecule has 0 aromatic heterocycles. The lowest BCUT2D eigenvalue weighted by molar-refractivity contribution is -0.131. The number of aliphatic hydroxyl groups is 3. The zero-order chi connectivity index (χ0) is 40.8. The molecule has 0 bridgehead atoms. The van der Waals surface area contributed by atoms with E-state index in [1.807, 2.05) is 6.08 Å². The number of hydrogen-bond donors (Lipinski definition) is 4. The molecule has 0 rings (SSSR count). The molecular formula is C51H97NO4. The Morgan fingerprint density at radius 2 is 0.732 bits per heavy atom. The van der Waals surface area contributed by atoms with Crippen molar-refractivity contribution in [3.8, 4) is 0 Å². The van der Waals surface area contributed by atoms with E-state index in [0.29, 0.717) is 6.42 Å². The molecular weight excluding hydrogens is 691 g/mol. The SMILES string of the molecule is CCCCCCCCCCCCCC/C=C\CCCCCCCCCCC(O)C(=O)NC(CO)C(O)/C=C/CC/C=C/CCCCCCCCCCCCCC. The molecule has 5 heteroatoms. The number of rotatable bonds is 45. The van der Waals surface area contributed by atoms with Crippen molar-refractivity contribution in [2.24, 2.45) is 0 Å². The monoisotopic (exact) mass is 788 g/mol. The minimum atomic E-state index is -1.11. The van der Waals surface area contributed by atoms with Gasteiger partial charge in [-0.2, -0.15) is 0 Å². The molecule has 0 spiro atoms. The van der Waals surface area contributed by atoms with E-state index in [-0.39, 0.29) is 6.61 Å². The van der Waals surface area contributed by atoms with Crippen LogP contribution in [0.25, 0.3) is 0 Å². The van der Waals surface area contributed by atoms with E-state index in [1.54, 1.807) is 6.08 Å². The minimum absolute atomic E-state index is 0.376. The maximum Gasteiger partial charge on any atom is 0.249 e. The zero-order valence-corrected chi connectivity index (χ0v) is 37.5. The van der Waals surface area contributed by atoms with Crippen molar-refractivity contribution in [2.45, 2.75) is 276 Å². The molecule has 0 aromatic rings. The van der Waals surface area contributed by atoms with Crippen LogP contribution in [0.15, 0.2) is 36.5 Å². The van der Waals surface area contributed by atoms with Crippen molar-refractivity contribution < 1.29 is 20.1 Å². The number of allylic oxidation sites excluding steroid dienone is 5. The summed E-state index contributed by atoms with van der Waals surface area (Å²) < 4.78 is 0. The van der Waals surface area contributed by atoms with Gasteiger partial charge in [0.1, 0.15) is 6.10 Å². The molecule has 0 heterocycles. The molecule has 0 saturated heterocycles. The van der Waals surface area contributed by atoms with Gasteiger partial charge in [0.2, 0.25) is 5.91 Å². The third-order valence-electron chi connectivity index (χ3n) is 11.5. The fourth-order valence-electron chi connectivity index (χ4n) is 7.55. The Morgan fingerprint density at radius 3 is 1.09 bits per heavy atom. The van der Waals surface area contributed by atoms with Crippen LogP contribution in [0.5, 0.6) is 0 Å². The summed E-state index contributed by atoms with van der Waals surface area (Å²) in [7, 11) is 0. The standard InChI is InChI=1S/C51H97NO4/c1-3-5-7-9-11-13-15-17-19-21-23-24-25-26-27-28-30-32-34-36-38-40-42-44-46-50(55)51(56)52-48(47-53)49(54)45-43-41-39-37-35-33-31-29-22-20-18-16-14-12-10-8-6-4-2/h26-27,35,37,43,45,48-50,53-55H,3-25,28-34,36,38-42,44,46-47H2,1-2H3,(H,52,56)/b27-26-,37-35+,45-43+. The first-order chi connectivity index (χ1) is 27.6. The van der Waals surface area contributed by atoms with Crippen molar-refractivity contribution in [3.63, 3.8) is 0 Å². The molecule has 330 valence electrons. The maximum atomic E-state index is 12.5. The highest BCUT2D eigenvalue weighted by Crippen LogP contribution is 2.16. The highest BCUT2D eigenvalue weighted by molar-refractivity contribution is 5.80. The van der Waals surface area contributed by atoms with Gasteiger partial charge < -0.3 is 20.6 Å². The number of nitrogens with one attached hydrogen (secondary N) is 1. The van der Waals surface area contributed by atoms with Gasteiger partial charge in [0.25, 0.3) is 0 Å². The van der Waals surface area contributed by atoms with E-state index >= 15 is 0 Å². The number of unbranched alkanes of at least 4 members (excludes halogenated alkanes) is 33. The van der Waals surface area contributed by atoms with E-state index < -0.39 is 24.2 Å². The molecule has 56 heavy (non-hydrogen) atoms. The van der Waals surface area contributed by atoms with Crippen LogP contribution in [0.4, 0.5) is 0 Å². The second kappa shape index (κ2) is 46.3. The Morgan fingerprint density at radius 1 is 0.429 bits per heavy atom. The van der Waals surface area contributed by atoms with Crippen LogP contribution >= 0.6 is 0 Å². The summed E-state index contributed by atoms with van der Waals surface area (Å²) in [5.74, 6) is -0.514. The Labute approximate surface area is 349 Å². The van der Waals surface area contributed by atoms with Gasteiger partial charge in [-0.05, 0) is 57.8 Å². The molecule has 0 saturated carbocycles. The molecule has 3 unspecified atom stereocenters. The minimum Gasteiger partial charge on any atom is -0.394 e. The number of hydrogen-bond acceptors (Lipinski definition) is 4. The fourth-order valence-corrected chi connectivity index (χ4v) is 7.55. The van der Waals surface area contributed by atoms with E-state index in [2.05, 4.69) is 43.5 Å². The first-order valence-corrected chi connectivity index (χ1v) is 24.8. The smallest absolute Gasteiger partial charge is 0.249 e. The highest BCUT2D eigenvalue weighted by Gasteiger charge is 2.22. The van der Waals surface area contributed by atoms with Gasteiger partial charge in [-0.25, -0.2) is 0 Å². The molecule has 1 amide bonds. The van der Waals surface area contributed by atoms with E-state index in [1.165, 1.54) is 199 Å². The van der Waals surface area contributed by atoms with Gasteiger partial charge in [0.05, 0.1) is 18.8 Å². The molecule has 0 aliphatic heterocycles. The Kier molecular flexibility index (Phi) is 45.1. The summed E-state index contributed by atoms with van der Waals surface area (Å²) in [5.41, 5.74) is 0. The third-order valence-corrected chi connectivity index (χ3v) is 11.5. The van der Waals surface area contributed by atoms with Crippen molar-refractivity contribution in [3.05, 3.63) is 36.5 Å². The summed E-state index contributed by atoms with van der Waals surface area (Å²) >= 11 is 0. The van der Waals surface area contributed by atoms with Gasteiger partial charge in [-0.3, -0.25) is 4.79 Å². The second-order valence-corrected chi connectivity index (χ2v) is 17.0. The fraction of sp³-hybridized carbons (Fsp3) is 0.863. The van der Waals surface area contributed by atoms with E-state index in [4.69, 9.17) is 0 Å². The van der Waals surface area contributed by atoms with Crippen LogP contribution in [0.1, 0.15) is 258 Å². The van der Waals surface area contributed by atoms with Gasteiger partial charge in [-0.15, -0.1) is 0 Å². The normalized spacial score (nSPS) is 13.7. The van der Waals surface area contributed by atoms with Crippen LogP contribution in [-0.4, -0.2) is 46.1 Å². The molecule has 0 radical (unpaired) electrons. The molecule has 0 fully saturated rings. The predicted octanol–water partition coefficient (Wildman–Crippen LogP) is 14.7. The molecule has 3 atom stereocenters. The average Bonchev–Trinajstić information content (AvgIpc) is 3.20. The van der Waals surface area contributed by atoms with Crippen molar-refractivity contribution in [1.29, 1.82) is 0 Å². The Hall–Kier alpha value is -1.43. The summed E-state index contributed by atoms with van der Waals surface area (Å²) in [5, 5.41) is 33.2. The van der Waals surface area contributed by atoms with Gasteiger partial charge in [0, 0.05) is 0 Å². The second-order valence-electron chi connectivity index (χ2n) is 17.0. The number of amides is 1. The highest BCUT2D eigenvalue weighted by atomic mass is 16.3. The third kappa shape index (κ3) is 40.8. The van der Waals surface area contributed by atoms with Crippen LogP contribution in [-0.2, 0) is 4.79 Å². The van der Waals surface area contributed by atoms with Crippen molar-refractivity contribution in [2.75, 3.05) is 6.61 Å². The van der Waals surface area contributed by atoms with Gasteiger partial charge >= 0.3 is 0 Å². The first-order valence-electron chi connectivity index (χ1n) is 24.8. The van der Waals surface area contributed by atoms with Crippen LogP contribution in [0.3, 0.4) is 0 Å². The number of carbonyl (C=O) groups is 1. The summed E-state index contributed by atoms with van der Waals surface area (Å²) in [6.07, 6.45) is 59.1. The quantitative estimate of drug-likeness (QED) is 0.0365. The zero-order valence-electron chi connectivity index (χ0n) is 37.5. The molecule has 0 aliphatic carbocycles. The average molecular weight is 788 g/mol. The summed E-state index contributed by atoms with van der Waals surface area (Å²) in [6.45, 7) is 4.19. The molecule has 0 aromatic carbocycles. The van der Waals surface area contributed by atoms with Crippen molar-refractivity contribution >= 4 is 5.91 Å². The van der Waals surface area contributed by atoms with Crippen LogP contribution in [0.2, 0.25) is 0 Å². The lowest BCUT2D eigenvalue weighted by atomic mass is 10.0. The van der Waals surface area contributed by atoms with Crippen LogP contribution < -0.4 is 5.32 Å². The van der Waals surface area contributed by atoms with Gasteiger partial charge in [0.15, 0.2) is 0 Å². The largest absolute Gasteiger partial charge is 0.394 e. The van der Waals surface area contributed by atoms with E-state index in [9.17, 15) is 20.1 Å². The van der Waals surface area contributed by atoms with E-state index in [0.717, 1.165) is 38.5 Å².